The number of carbonyl (C=O) groups excluding carboxylic acids is 1. The van der Waals surface area contributed by atoms with E-state index >= 15 is 0 Å². The number of nitrogens with zero attached hydrogens (tertiary/aromatic N) is 2. The van der Waals surface area contributed by atoms with Gasteiger partial charge in [0.2, 0.25) is 0 Å². The van der Waals surface area contributed by atoms with Crippen LogP contribution in [0.1, 0.15) is 23.7 Å². The second-order valence-corrected chi connectivity index (χ2v) is 4.74. The Labute approximate surface area is 119 Å². The lowest BCUT2D eigenvalue weighted by Crippen LogP contribution is -2.45. The van der Waals surface area contributed by atoms with Crippen LogP contribution in [-0.4, -0.2) is 43.2 Å². The van der Waals surface area contributed by atoms with Crippen LogP contribution in [0.25, 0.3) is 0 Å². The van der Waals surface area contributed by atoms with Crippen molar-refractivity contribution in [3.05, 3.63) is 29.8 Å². The van der Waals surface area contributed by atoms with Crippen LogP contribution < -0.4 is 5.32 Å². The average molecular weight is 273 g/mol. The zero-order valence-corrected chi connectivity index (χ0v) is 11.6. The molecule has 5 nitrogen and oxygen atoms in total. The minimum Gasteiger partial charge on any atom is -0.385 e. The van der Waals surface area contributed by atoms with Crippen LogP contribution in [0.15, 0.2) is 24.3 Å². The summed E-state index contributed by atoms with van der Waals surface area (Å²) in [6.45, 7) is 4.31. The average Bonchev–Trinajstić information content (AvgIpc) is 2.52. The van der Waals surface area contributed by atoms with E-state index in [4.69, 9.17) is 10.00 Å². The van der Waals surface area contributed by atoms with Crippen molar-refractivity contribution < 1.29 is 9.53 Å². The molecule has 5 heteroatoms. The molecule has 1 fully saturated rings. The normalized spacial score (nSPS) is 18.4. The molecule has 1 amide bonds. The molecule has 0 spiro atoms. The fourth-order valence-corrected chi connectivity index (χ4v) is 2.09. The standard InChI is InChI=1S/C15H19N3O2/c1-2-7-17-13-5-3-12(4-6-13)15(19)18-8-9-20-14(10-16)11-18/h3-6,14,17H,2,7-9,11H2,1H3. The van der Waals surface area contributed by atoms with Crippen LogP contribution in [0.5, 0.6) is 0 Å². The summed E-state index contributed by atoms with van der Waals surface area (Å²) in [6, 6.07) is 9.50. The summed E-state index contributed by atoms with van der Waals surface area (Å²) < 4.78 is 5.24. The highest BCUT2D eigenvalue weighted by Gasteiger charge is 2.24. The first-order valence-electron chi connectivity index (χ1n) is 6.89. The molecular formula is C15H19N3O2. The Bertz CT molecular complexity index is 493. The van der Waals surface area contributed by atoms with E-state index in [1.54, 1.807) is 4.90 Å². The SMILES string of the molecule is CCCNc1ccc(C(=O)N2CCOC(C#N)C2)cc1. The number of nitrogens with one attached hydrogen (secondary N) is 1. The van der Waals surface area contributed by atoms with Gasteiger partial charge in [-0.1, -0.05) is 6.92 Å². The second kappa shape index (κ2) is 6.92. The first kappa shape index (κ1) is 14.4. The zero-order valence-electron chi connectivity index (χ0n) is 11.6. The van der Waals surface area contributed by atoms with Gasteiger partial charge in [0.25, 0.3) is 5.91 Å². The fourth-order valence-electron chi connectivity index (χ4n) is 2.09. The van der Waals surface area contributed by atoms with Crippen LogP contribution in [0.2, 0.25) is 0 Å². The number of amides is 1. The van der Waals surface area contributed by atoms with Gasteiger partial charge in [-0.2, -0.15) is 5.26 Å². The van der Waals surface area contributed by atoms with Gasteiger partial charge in [-0.3, -0.25) is 4.79 Å². The third kappa shape index (κ3) is 3.49. The fraction of sp³-hybridized carbons (Fsp3) is 0.467. The smallest absolute Gasteiger partial charge is 0.254 e. The Morgan fingerprint density at radius 2 is 2.25 bits per heavy atom. The van der Waals surface area contributed by atoms with Crippen molar-refractivity contribution in [1.29, 1.82) is 5.26 Å². The molecule has 20 heavy (non-hydrogen) atoms. The molecule has 1 heterocycles. The van der Waals surface area contributed by atoms with Gasteiger partial charge < -0.3 is 15.0 Å². The Balaban J connectivity index is 2.00. The van der Waals surface area contributed by atoms with E-state index in [0.29, 0.717) is 25.3 Å². The lowest BCUT2D eigenvalue weighted by atomic mass is 10.1. The number of rotatable bonds is 4. The summed E-state index contributed by atoms with van der Waals surface area (Å²) in [5, 5.41) is 12.1. The number of ether oxygens (including phenoxy) is 1. The van der Waals surface area contributed by atoms with Crippen molar-refractivity contribution in [2.75, 3.05) is 31.6 Å². The van der Waals surface area contributed by atoms with Crippen LogP contribution in [0, 0.1) is 11.3 Å². The predicted octanol–water partition coefficient (Wildman–Crippen LogP) is 1.87. The molecule has 1 saturated heterocycles. The van der Waals surface area contributed by atoms with E-state index in [9.17, 15) is 4.79 Å². The number of anilines is 1. The molecule has 0 bridgehead atoms. The molecule has 1 aromatic rings. The number of carbonyl (C=O) groups is 1. The first-order chi connectivity index (χ1) is 9.74. The molecule has 1 atom stereocenters. The van der Waals surface area contributed by atoms with Gasteiger partial charge >= 0.3 is 0 Å². The molecule has 2 rings (SSSR count). The maximum atomic E-state index is 12.3. The number of nitriles is 1. The number of hydrogen-bond donors (Lipinski definition) is 1. The highest BCUT2D eigenvalue weighted by Crippen LogP contribution is 2.14. The molecule has 1 unspecified atom stereocenters. The monoisotopic (exact) mass is 273 g/mol. The van der Waals surface area contributed by atoms with E-state index in [1.165, 1.54) is 0 Å². The summed E-state index contributed by atoms with van der Waals surface area (Å²) in [5.41, 5.74) is 1.66. The minimum absolute atomic E-state index is 0.0457. The van der Waals surface area contributed by atoms with E-state index in [0.717, 1.165) is 18.7 Å². The number of hydrogen-bond acceptors (Lipinski definition) is 4. The van der Waals surface area contributed by atoms with Gasteiger partial charge in [-0.15, -0.1) is 0 Å². The highest BCUT2D eigenvalue weighted by molar-refractivity contribution is 5.94. The molecular weight excluding hydrogens is 254 g/mol. The summed E-state index contributed by atoms with van der Waals surface area (Å²) in [4.78, 5) is 14.0. The van der Waals surface area contributed by atoms with Crippen LogP contribution in [0.4, 0.5) is 5.69 Å². The topological polar surface area (TPSA) is 65.4 Å². The third-order valence-electron chi connectivity index (χ3n) is 3.21. The van der Waals surface area contributed by atoms with Crippen LogP contribution in [0.3, 0.4) is 0 Å². The van der Waals surface area contributed by atoms with Crippen molar-refractivity contribution in [2.24, 2.45) is 0 Å². The van der Waals surface area contributed by atoms with Crippen LogP contribution in [-0.2, 0) is 4.74 Å². The minimum atomic E-state index is -0.516. The van der Waals surface area contributed by atoms with Crippen molar-refractivity contribution in [3.63, 3.8) is 0 Å². The molecule has 1 aliphatic heterocycles. The van der Waals surface area contributed by atoms with Gasteiger partial charge in [0.1, 0.15) is 0 Å². The molecule has 106 valence electrons. The Kier molecular flexibility index (Phi) is 4.97. The zero-order chi connectivity index (χ0) is 14.4. The van der Waals surface area contributed by atoms with Crippen molar-refractivity contribution >= 4 is 11.6 Å². The lowest BCUT2D eigenvalue weighted by Gasteiger charge is -2.29. The van der Waals surface area contributed by atoms with Gasteiger partial charge in [-0.25, -0.2) is 0 Å². The van der Waals surface area contributed by atoms with Gasteiger partial charge in [0.05, 0.1) is 19.2 Å². The first-order valence-corrected chi connectivity index (χ1v) is 6.89. The summed E-state index contributed by atoms with van der Waals surface area (Å²) in [5.74, 6) is -0.0457. The molecule has 1 aromatic carbocycles. The molecule has 0 aliphatic carbocycles. The van der Waals surface area contributed by atoms with E-state index in [2.05, 4.69) is 12.2 Å². The van der Waals surface area contributed by atoms with E-state index in [1.807, 2.05) is 30.3 Å². The maximum absolute atomic E-state index is 12.3. The Hall–Kier alpha value is -2.06. The highest BCUT2D eigenvalue weighted by atomic mass is 16.5. The summed E-state index contributed by atoms with van der Waals surface area (Å²) >= 11 is 0. The van der Waals surface area contributed by atoms with Crippen molar-refractivity contribution in [1.82, 2.24) is 4.90 Å². The largest absolute Gasteiger partial charge is 0.385 e. The second-order valence-electron chi connectivity index (χ2n) is 4.74. The van der Waals surface area contributed by atoms with Gasteiger partial charge in [-0.05, 0) is 30.7 Å². The molecule has 0 saturated carbocycles. The van der Waals surface area contributed by atoms with Gasteiger partial charge in [0, 0.05) is 24.3 Å². The third-order valence-corrected chi connectivity index (χ3v) is 3.21. The van der Waals surface area contributed by atoms with E-state index in [-0.39, 0.29) is 5.91 Å². The Morgan fingerprint density at radius 1 is 1.50 bits per heavy atom. The Morgan fingerprint density at radius 3 is 2.90 bits per heavy atom. The van der Waals surface area contributed by atoms with Crippen molar-refractivity contribution in [2.45, 2.75) is 19.4 Å². The quantitative estimate of drug-likeness (QED) is 0.909. The number of benzene rings is 1. The maximum Gasteiger partial charge on any atom is 0.254 e. The molecule has 1 aliphatic rings. The van der Waals surface area contributed by atoms with Crippen LogP contribution >= 0.6 is 0 Å². The predicted molar refractivity (Wildman–Crippen MR) is 76.5 cm³/mol. The number of morpholine rings is 1. The van der Waals surface area contributed by atoms with Crippen molar-refractivity contribution in [3.8, 4) is 6.07 Å². The summed E-state index contributed by atoms with van der Waals surface area (Å²) in [7, 11) is 0. The summed E-state index contributed by atoms with van der Waals surface area (Å²) in [6.07, 6.45) is 0.544. The van der Waals surface area contributed by atoms with E-state index < -0.39 is 6.10 Å². The molecule has 1 N–H and O–H groups in total. The van der Waals surface area contributed by atoms with Gasteiger partial charge in [0.15, 0.2) is 6.10 Å². The lowest BCUT2D eigenvalue weighted by molar-refractivity contribution is 0.00347. The molecule has 0 radical (unpaired) electrons. The molecule has 0 aromatic heterocycles.